The van der Waals surface area contributed by atoms with E-state index < -0.39 is 0 Å². The molecule has 1 saturated heterocycles. The molecular weight excluding hydrogens is 363 g/mol. The van der Waals surface area contributed by atoms with E-state index in [1.165, 1.54) is 6.07 Å². The minimum Gasteiger partial charge on any atom is -0.450 e. The fourth-order valence-electron chi connectivity index (χ4n) is 2.98. The Bertz CT molecular complexity index is 820. The second-order valence-corrected chi connectivity index (χ2v) is 6.35. The molecule has 0 unspecified atom stereocenters. The van der Waals surface area contributed by atoms with Gasteiger partial charge in [0, 0.05) is 38.3 Å². The number of nitrogens with one attached hydrogen (secondary N) is 1. The number of aromatic nitrogens is 1. The van der Waals surface area contributed by atoms with E-state index in [0.29, 0.717) is 38.3 Å². The van der Waals surface area contributed by atoms with Crippen LogP contribution >= 0.6 is 0 Å². The Kier molecular flexibility index (Phi) is 6.41. The smallest absolute Gasteiger partial charge is 0.409 e. The number of piperazine rings is 1. The van der Waals surface area contributed by atoms with Crippen LogP contribution in [0.15, 0.2) is 42.6 Å². The lowest BCUT2D eigenvalue weighted by atomic mass is 10.2. The molecule has 0 radical (unpaired) electrons. The number of benzene rings is 1. The number of carbonyl (C=O) groups excluding carboxylic acids is 2. The number of carbonyl (C=O) groups is 2. The minimum absolute atomic E-state index is 0.102. The number of amides is 2. The minimum atomic E-state index is -0.359. The van der Waals surface area contributed by atoms with Crippen molar-refractivity contribution in [2.45, 2.75) is 13.5 Å². The van der Waals surface area contributed by atoms with Gasteiger partial charge in [-0.15, -0.1) is 0 Å². The molecule has 0 spiro atoms. The van der Waals surface area contributed by atoms with Crippen LogP contribution in [0.3, 0.4) is 0 Å². The van der Waals surface area contributed by atoms with E-state index in [-0.39, 0.29) is 30.1 Å². The van der Waals surface area contributed by atoms with Crippen LogP contribution in [0.4, 0.5) is 14.9 Å². The fourth-order valence-corrected chi connectivity index (χ4v) is 2.98. The van der Waals surface area contributed by atoms with Crippen molar-refractivity contribution >= 4 is 17.7 Å². The highest BCUT2D eigenvalue weighted by atomic mass is 19.1. The molecule has 0 atom stereocenters. The zero-order chi connectivity index (χ0) is 19.9. The predicted molar refractivity (Wildman–Crippen MR) is 103 cm³/mol. The maximum atomic E-state index is 13.6. The van der Waals surface area contributed by atoms with Crippen LogP contribution in [-0.2, 0) is 11.3 Å². The predicted octanol–water partition coefficient (Wildman–Crippen LogP) is 2.43. The van der Waals surface area contributed by atoms with Crippen molar-refractivity contribution in [2.75, 3.05) is 37.7 Å². The lowest BCUT2D eigenvalue weighted by molar-refractivity contribution is 0.0944. The van der Waals surface area contributed by atoms with Crippen LogP contribution in [0.25, 0.3) is 0 Å². The number of hydrogen-bond donors (Lipinski definition) is 1. The normalized spacial score (nSPS) is 13.9. The number of halogens is 1. The standard InChI is InChI=1S/C20H23FN4O3/c1-2-28-20(27)25-11-9-24(10-12-25)16-7-8-18(22-14-16)19(26)23-13-15-5-3-4-6-17(15)21/h3-8,14H,2,9-13H2,1H3,(H,23,26). The van der Waals surface area contributed by atoms with Crippen molar-refractivity contribution in [3.8, 4) is 0 Å². The third-order valence-corrected chi connectivity index (χ3v) is 4.55. The fraction of sp³-hybridized carbons (Fsp3) is 0.350. The molecule has 8 heteroatoms. The third-order valence-electron chi connectivity index (χ3n) is 4.55. The lowest BCUT2D eigenvalue weighted by Gasteiger charge is -2.35. The average molecular weight is 386 g/mol. The maximum Gasteiger partial charge on any atom is 0.409 e. The van der Waals surface area contributed by atoms with Gasteiger partial charge >= 0.3 is 6.09 Å². The Hall–Kier alpha value is -3.16. The van der Waals surface area contributed by atoms with Gasteiger partial charge in [0.05, 0.1) is 18.5 Å². The van der Waals surface area contributed by atoms with Crippen LogP contribution in [0, 0.1) is 5.82 Å². The average Bonchev–Trinajstić information content (AvgIpc) is 2.73. The summed E-state index contributed by atoms with van der Waals surface area (Å²) in [6.45, 7) is 4.73. The van der Waals surface area contributed by atoms with Gasteiger partial charge in [0.15, 0.2) is 0 Å². The van der Waals surface area contributed by atoms with Gasteiger partial charge < -0.3 is 19.9 Å². The van der Waals surface area contributed by atoms with Gasteiger partial charge in [-0.05, 0) is 25.1 Å². The zero-order valence-electron chi connectivity index (χ0n) is 15.7. The summed E-state index contributed by atoms with van der Waals surface area (Å²) in [5.74, 6) is -0.713. The molecule has 2 heterocycles. The van der Waals surface area contributed by atoms with Gasteiger partial charge in [-0.3, -0.25) is 4.79 Å². The Morgan fingerprint density at radius 1 is 1.14 bits per heavy atom. The molecule has 0 bridgehead atoms. The molecule has 0 aliphatic carbocycles. The van der Waals surface area contributed by atoms with E-state index in [0.717, 1.165) is 5.69 Å². The van der Waals surface area contributed by atoms with Crippen molar-refractivity contribution in [2.24, 2.45) is 0 Å². The third kappa shape index (κ3) is 4.76. The Labute approximate surface area is 163 Å². The molecule has 1 aromatic carbocycles. The summed E-state index contributed by atoms with van der Waals surface area (Å²) >= 11 is 0. The van der Waals surface area contributed by atoms with E-state index in [4.69, 9.17) is 4.74 Å². The number of hydrogen-bond acceptors (Lipinski definition) is 5. The summed E-state index contributed by atoms with van der Waals surface area (Å²) in [5.41, 5.74) is 1.58. The van der Waals surface area contributed by atoms with E-state index in [1.807, 2.05) is 6.07 Å². The Morgan fingerprint density at radius 2 is 1.89 bits per heavy atom. The van der Waals surface area contributed by atoms with Crippen LogP contribution in [0.1, 0.15) is 23.0 Å². The van der Waals surface area contributed by atoms with Crippen LogP contribution in [0.2, 0.25) is 0 Å². The summed E-state index contributed by atoms with van der Waals surface area (Å²) < 4.78 is 18.6. The SMILES string of the molecule is CCOC(=O)N1CCN(c2ccc(C(=O)NCc3ccccc3F)nc2)CC1. The quantitative estimate of drug-likeness (QED) is 0.854. The molecule has 7 nitrogen and oxygen atoms in total. The first-order valence-corrected chi connectivity index (χ1v) is 9.22. The van der Waals surface area contributed by atoms with Crippen molar-refractivity contribution in [1.82, 2.24) is 15.2 Å². The van der Waals surface area contributed by atoms with Gasteiger partial charge in [-0.2, -0.15) is 0 Å². The molecule has 2 aromatic rings. The highest BCUT2D eigenvalue weighted by molar-refractivity contribution is 5.92. The summed E-state index contributed by atoms with van der Waals surface area (Å²) in [5, 5.41) is 2.67. The molecule has 28 heavy (non-hydrogen) atoms. The second kappa shape index (κ2) is 9.16. The van der Waals surface area contributed by atoms with Crippen molar-refractivity contribution < 1.29 is 18.7 Å². The molecule has 0 saturated carbocycles. The van der Waals surface area contributed by atoms with Gasteiger partial charge in [-0.25, -0.2) is 14.2 Å². The molecule has 2 amide bonds. The molecule has 1 aliphatic rings. The van der Waals surface area contributed by atoms with E-state index in [2.05, 4.69) is 15.2 Å². The number of rotatable bonds is 5. The Balaban J connectivity index is 1.53. The molecule has 148 valence electrons. The second-order valence-electron chi connectivity index (χ2n) is 6.35. The van der Waals surface area contributed by atoms with Gasteiger partial charge in [-0.1, -0.05) is 18.2 Å². The molecule has 1 N–H and O–H groups in total. The first-order chi connectivity index (χ1) is 13.6. The van der Waals surface area contributed by atoms with Crippen LogP contribution in [-0.4, -0.2) is 54.7 Å². The summed E-state index contributed by atoms with van der Waals surface area (Å²) in [7, 11) is 0. The molecular formula is C20H23FN4O3. The van der Waals surface area contributed by atoms with Gasteiger partial charge in [0.2, 0.25) is 0 Å². The largest absolute Gasteiger partial charge is 0.450 e. The molecule has 1 aliphatic heterocycles. The topological polar surface area (TPSA) is 74.8 Å². The van der Waals surface area contributed by atoms with E-state index in [1.54, 1.807) is 42.3 Å². The maximum absolute atomic E-state index is 13.6. The van der Waals surface area contributed by atoms with Crippen molar-refractivity contribution in [3.05, 3.63) is 59.7 Å². The number of nitrogens with zero attached hydrogens (tertiary/aromatic N) is 3. The van der Waals surface area contributed by atoms with E-state index in [9.17, 15) is 14.0 Å². The van der Waals surface area contributed by atoms with Crippen molar-refractivity contribution in [3.63, 3.8) is 0 Å². The van der Waals surface area contributed by atoms with Gasteiger partial charge in [0.25, 0.3) is 5.91 Å². The first-order valence-electron chi connectivity index (χ1n) is 9.22. The summed E-state index contributed by atoms with van der Waals surface area (Å²) in [4.78, 5) is 32.0. The number of ether oxygens (including phenoxy) is 1. The highest BCUT2D eigenvalue weighted by Crippen LogP contribution is 2.16. The van der Waals surface area contributed by atoms with Crippen LogP contribution < -0.4 is 10.2 Å². The number of anilines is 1. The van der Waals surface area contributed by atoms with E-state index >= 15 is 0 Å². The highest BCUT2D eigenvalue weighted by Gasteiger charge is 2.22. The molecule has 3 rings (SSSR count). The summed E-state index contributed by atoms with van der Waals surface area (Å²) in [6.07, 6.45) is 1.35. The zero-order valence-corrected chi connectivity index (χ0v) is 15.7. The Morgan fingerprint density at radius 3 is 2.54 bits per heavy atom. The number of pyridine rings is 1. The lowest BCUT2D eigenvalue weighted by Crippen LogP contribution is -2.49. The monoisotopic (exact) mass is 386 g/mol. The summed E-state index contributed by atoms with van der Waals surface area (Å²) in [6, 6.07) is 9.78. The van der Waals surface area contributed by atoms with Crippen molar-refractivity contribution in [1.29, 1.82) is 0 Å². The van der Waals surface area contributed by atoms with Crippen LogP contribution in [0.5, 0.6) is 0 Å². The molecule has 1 aromatic heterocycles. The first kappa shape index (κ1) is 19.6. The molecule has 1 fully saturated rings. The van der Waals surface area contributed by atoms with Gasteiger partial charge in [0.1, 0.15) is 11.5 Å².